The third kappa shape index (κ3) is 11.5. The van der Waals surface area contributed by atoms with Crippen LogP contribution in [0.3, 0.4) is 0 Å². The Bertz CT molecular complexity index is 595. The van der Waals surface area contributed by atoms with Crippen LogP contribution in [-0.4, -0.2) is 83.7 Å². The molecule has 0 spiro atoms. The number of unbranched alkanes of at least 4 members (excludes halogenated alkanes) is 1. The lowest BCUT2D eigenvalue weighted by Gasteiger charge is -2.35. The Balaban J connectivity index is 0.00000480. The fourth-order valence-corrected chi connectivity index (χ4v) is 3.36. The summed E-state index contributed by atoms with van der Waals surface area (Å²) in [6, 6.07) is 9.09. The molecule has 1 aliphatic rings. The molecule has 1 unspecified atom stereocenters. The fourth-order valence-electron chi connectivity index (χ4n) is 3.36. The van der Waals surface area contributed by atoms with Crippen molar-refractivity contribution in [3.05, 3.63) is 35.4 Å². The van der Waals surface area contributed by atoms with Gasteiger partial charge in [0.05, 0.1) is 39.1 Å². The van der Waals surface area contributed by atoms with Gasteiger partial charge in [0.1, 0.15) is 0 Å². The molecule has 2 N–H and O–H groups in total. The number of nitrogens with zero attached hydrogens (tertiary/aromatic N) is 2. The number of halogens is 1. The van der Waals surface area contributed by atoms with E-state index in [9.17, 15) is 0 Å². The topological polar surface area (TPSA) is 67.4 Å². The third-order valence-corrected chi connectivity index (χ3v) is 5.19. The molecule has 1 fully saturated rings. The lowest BCUT2D eigenvalue weighted by Crippen LogP contribution is -2.46. The smallest absolute Gasteiger partial charge is 0.191 e. The van der Waals surface area contributed by atoms with Crippen LogP contribution < -0.4 is 10.6 Å². The zero-order valence-corrected chi connectivity index (χ0v) is 21.7. The van der Waals surface area contributed by atoms with E-state index < -0.39 is 0 Å². The van der Waals surface area contributed by atoms with Gasteiger partial charge >= 0.3 is 0 Å². The predicted octanol–water partition coefficient (Wildman–Crippen LogP) is 2.98. The largest absolute Gasteiger partial charge is 0.379 e. The summed E-state index contributed by atoms with van der Waals surface area (Å²) in [5.74, 6) is 0.795. The summed E-state index contributed by atoms with van der Waals surface area (Å²) in [6.45, 7) is 12.0. The Hall–Kier alpha value is -0.940. The molecule has 1 aromatic carbocycles. The van der Waals surface area contributed by atoms with E-state index in [1.165, 1.54) is 11.1 Å². The highest BCUT2D eigenvalue weighted by molar-refractivity contribution is 14.0. The number of aryl methyl sites for hydroxylation is 1. The summed E-state index contributed by atoms with van der Waals surface area (Å²) in [6.07, 6.45) is 2.27. The van der Waals surface area contributed by atoms with E-state index in [-0.39, 0.29) is 30.0 Å². The Morgan fingerprint density at radius 1 is 1.06 bits per heavy atom. The highest BCUT2D eigenvalue weighted by Gasteiger charge is 2.22. The van der Waals surface area contributed by atoms with E-state index in [1.807, 2.05) is 0 Å². The van der Waals surface area contributed by atoms with Crippen LogP contribution in [0.4, 0.5) is 0 Å². The third-order valence-electron chi connectivity index (χ3n) is 5.19. The van der Waals surface area contributed by atoms with Crippen molar-refractivity contribution in [1.82, 2.24) is 15.5 Å². The van der Waals surface area contributed by atoms with Gasteiger partial charge < -0.3 is 24.8 Å². The summed E-state index contributed by atoms with van der Waals surface area (Å²) in [5.41, 5.74) is 2.59. The molecule has 0 bridgehead atoms. The zero-order chi connectivity index (χ0) is 21.4. The molecule has 2 rings (SSSR count). The van der Waals surface area contributed by atoms with Gasteiger partial charge in [-0.1, -0.05) is 43.2 Å². The summed E-state index contributed by atoms with van der Waals surface area (Å²) < 4.78 is 16.7. The average molecular weight is 549 g/mol. The van der Waals surface area contributed by atoms with E-state index in [0.717, 1.165) is 58.3 Å². The molecule has 0 saturated carbocycles. The Kier molecular flexibility index (Phi) is 15.9. The van der Waals surface area contributed by atoms with E-state index in [1.54, 1.807) is 7.05 Å². The molecule has 31 heavy (non-hydrogen) atoms. The second-order valence-electron chi connectivity index (χ2n) is 7.53. The van der Waals surface area contributed by atoms with Crippen molar-refractivity contribution in [3.8, 4) is 0 Å². The van der Waals surface area contributed by atoms with Crippen LogP contribution >= 0.6 is 24.0 Å². The van der Waals surface area contributed by atoms with Gasteiger partial charge in [0.15, 0.2) is 5.96 Å². The Labute approximate surface area is 205 Å². The highest BCUT2D eigenvalue weighted by Crippen LogP contribution is 2.21. The standard InChI is InChI=1S/C23H40N4O3.HI/c1-4-5-13-28-17-18-29-14-10-25-23(24-3)26-19-22(27-11-15-30-16-12-27)21-8-6-20(2)7-9-21;/h6-9,22H,4-5,10-19H2,1-3H3,(H2,24,25,26);1H. The molecule has 0 amide bonds. The van der Waals surface area contributed by atoms with Crippen molar-refractivity contribution < 1.29 is 14.2 Å². The first-order valence-corrected chi connectivity index (χ1v) is 11.2. The summed E-state index contributed by atoms with van der Waals surface area (Å²) in [4.78, 5) is 6.83. The molecular weight excluding hydrogens is 507 g/mol. The van der Waals surface area contributed by atoms with Gasteiger partial charge in [-0.2, -0.15) is 0 Å². The van der Waals surface area contributed by atoms with Crippen molar-refractivity contribution >= 4 is 29.9 Å². The fraction of sp³-hybridized carbons (Fsp3) is 0.696. The van der Waals surface area contributed by atoms with Crippen LogP contribution in [0.25, 0.3) is 0 Å². The van der Waals surface area contributed by atoms with Crippen molar-refractivity contribution in [2.24, 2.45) is 4.99 Å². The summed E-state index contributed by atoms with van der Waals surface area (Å²) >= 11 is 0. The van der Waals surface area contributed by atoms with Gasteiger partial charge in [0, 0.05) is 39.8 Å². The van der Waals surface area contributed by atoms with Crippen molar-refractivity contribution in [1.29, 1.82) is 0 Å². The Morgan fingerprint density at radius 3 is 2.39 bits per heavy atom. The molecule has 1 aromatic rings. The number of ether oxygens (including phenoxy) is 3. The molecular formula is C23H41IN4O3. The number of nitrogens with one attached hydrogen (secondary N) is 2. The number of morpholine rings is 1. The molecule has 1 atom stereocenters. The predicted molar refractivity (Wildman–Crippen MR) is 138 cm³/mol. The maximum absolute atomic E-state index is 5.62. The van der Waals surface area contributed by atoms with E-state index >= 15 is 0 Å². The summed E-state index contributed by atoms with van der Waals surface area (Å²) in [7, 11) is 1.80. The molecule has 1 saturated heterocycles. The second-order valence-corrected chi connectivity index (χ2v) is 7.53. The maximum atomic E-state index is 5.62. The maximum Gasteiger partial charge on any atom is 0.191 e. The average Bonchev–Trinajstić information content (AvgIpc) is 2.78. The quantitative estimate of drug-likeness (QED) is 0.171. The monoisotopic (exact) mass is 548 g/mol. The molecule has 0 aliphatic carbocycles. The molecule has 1 aliphatic heterocycles. The normalized spacial score (nSPS) is 15.9. The van der Waals surface area contributed by atoms with Crippen LogP contribution in [0.5, 0.6) is 0 Å². The molecule has 178 valence electrons. The Morgan fingerprint density at radius 2 is 1.74 bits per heavy atom. The van der Waals surface area contributed by atoms with Gasteiger partial charge in [-0.05, 0) is 18.9 Å². The van der Waals surface area contributed by atoms with E-state index in [4.69, 9.17) is 14.2 Å². The van der Waals surface area contributed by atoms with Crippen LogP contribution in [-0.2, 0) is 14.2 Å². The SMILES string of the molecule is CCCCOCCOCCNC(=NC)NCC(c1ccc(C)cc1)N1CCOCC1.I. The van der Waals surface area contributed by atoms with Crippen LogP contribution in [0.15, 0.2) is 29.3 Å². The van der Waals surface area contributed by atoms with E-state index in [2.05, 4.69) is 58.6 Å². The van der Waals surface area contributed by atoms with E-state index in [0.29, 0.717) is 26.4 Å². The zero-order valence-electron chi connectivity index (χ0n) is 19.4. The van der Waals surface area contributed by atoms with Gasteiger partial charge in [0.2, 0.25) is 0 Å². The van der Waals surface area contributed by atoms with Gasteiger partial charge in [-0.25, -0.2) is 0 Å². The van der Waals surface area contributed by atoms with Crippen molar-refractivity contribution in [2.45, 2.75) is 32.7 Å². The minimum atomic E-state index is 0. The van der Waals surface area contributed by atoms with Crippen molar-refractivity contribution in [3.63, 3.8) is 0 Å². The lowest BCUT2D eigenvalue weighted by atomic mass is 10.0. The van der Waals surface area contributed by atoms with Crippen molar-refractivity contribution in [2.75, 3.05) is 72.9 Å². The minimum Gasteiger partial charge on any atom is -0.379 e. The van der Waals surface area contributed by atoms with Crippen LogP contribution in [0, 0.1) is 6.92 Å². The van der Waals surface area contributed by atoms with Crippen LogP contribution in [0.2, 0.25) is 0 Å². The molecule has 7 nitrogen and oxygen atoms in total. The first kappa shape index (κ1) is 28.1. The van der Waals surface area contributed by atoms with Crippen LogP contribution in [0.1, 0.15) is 36.9 Å². The highest BCUT2D eigenvalue weighted by atomic mass is 127. The number of aliphatic imine (C=N–C) groups is 1. The number of hydrogen-bond acceptors (Lipinski definition) is 5. The second kappa shape index (κ2) is 17.6. The number of hydrogen-bond donors (Lipinski definition) is 2. The summed E-state index contributed by atoms with van der Waals surface area (Å²) in [5, 5.41) is 6.81. The van der Waals surface area contributed by atoms with Gasteiger partial charge in [-0.3, -0.25) is 9.89 Å². The minimum absolute atomic E-state index is 0. The molecule has 0 radical (unpaired) electrons. The first-order valence-electron chi connectivity index (χ1n) is 11.2. The van der Waals surface area contributed by atoms with Gasteiger partial charge in [0.25, 0.3) is 0 Å². The first-order chi connectivity index (χ1) is 14.7. The molecule has 0 aromatic heterocycles. The molecule has 1 heterocycles. The number of benzene rings is 1. The molecule has 8 heteroatoms. The lowest BCUT2D eigenvalue weighted by molar-refractivity contribution is 0.0170. The number of guanidine groups is 1. The number of rotatable bonds is 13. The van der Waals surface area contributed by atoms with Gasteiger partial charge in [-0.15, -0.1) is 24.0 Å².